The van der Waals surface area contributed by atoms with Crippen molar-refractivity contribution >= 4 is 22.6 Å². The molecule has 0 radical (unpaired) electrons. The van der Waals surface area contributed by atoms with Crippen molar-refractivity contribution in [2.45, 2.75) is 0 Å². The molecule has 0 saturated heterocycles. The largest absolute Gasteiger partial charge is 0.289 e. The lowest BCUT2D eigenvalue weighted by Gasteiger charge is -2.12. The smallest absolute Gasteiger partial charge is 0.193 e. The molecule has 0 aromatic heterocycles. The Morgan fingerprint density at radius 3 is 2.38 bits per heavy atom. The number of hydrogen-bond donors (Lipinski definition) is 0. The molecular weight excluding hydrogens is 196 g/mol. The van der Waals surface area contributed by atoms with E-state index in [1.54, 1.807) is 6.08 Å². The van der Waals surface area contributed by atoms with Gasteiger partial charge < -0.3 is 0 Å². The number of rotatable bonds is 0. The predicted molar refractivity (Wildman–Crippen MR) is 66.5 cm³/mol. The molecule has 3 rings (SSSR count). The molecule has 2 aromatic rings. The van der Waals surface area contributed by atoms with Gasteiger partial charge in [-0.15, -0.1) is 0 Å². The molecular formula is C15H10O. The summed E-state index contributed by atoms with van der Waals surface area (Å²) in [4.78, 5) is 11.9. The molecule has 0 amide bonds. The SMILES string of the molecule is C=C1C=Cc2cc3ccccc3cc2C1=O. The summed E-state index contributed by atoms with van der Waals surface area (Å²) >= 11 is 0. The Balaban J connectivity index is 2.37. The second-order valence-corrected chi connectivity index (χ2v) is 3.97. The number of carbonyl (C=O) groups excluding carboxylic acids is 1. The molecule has 1 aliphatic carbocycles. The van der Waals surface area contributed by atoms with Gasteiger partial charge >= 0.3 is 0 Å². The van der Waals surface area contributed by atoms with E-state index in [1.165, 1.54) is 0 Å². The zero-order chi connectivity index (χ0) is 11.1. The fourth-order valence-corrected chi connectivity index (χ4v) is 2.03. The van der Waals surface area contributed by atoms with E-state index in [9.17, 15) is 4.79 Å². The van der Waals surface area contributed by atoms with Crippen LogP contribution in [0.25, 0.3) is 16.8 Å². The van der Waals surface area contributed by atoms with Gasteiger partial charge in [-0.1, -0.05) is 43.0 Å². The van der Waals surface area contributed by atoms with Crippen LogP contribution < -0.4 is 0 Å². The van der Waals surface area contributed by atoms with Gasteiger partial charge in [-0.2, -0.15) is 0 Å². The van der Waals surface area contributed by atoms with E-state index in [4.69, 9.17) is 0 Å². The van der Waals surface area contributed by atoms with Gasteiger partial charge in [0.2, 0.25) is 0 Å². The van der Waals surface area contributed by atoms with Gasteiger partial charge in [0.25, 0.3) is 0 Å². The number of ketones is 1. The van der Waals surface area contributed by atoms with E-state index in [2.05, 4.69) is 12.6 Å². The lowest BCUT2D eigenvalue weighted by Crippen LogP contribution is -2.06. The van der Waals surface area contributed by atoms with E-state index in [0.29, 0.717) is 5.57 Å². The van der Waals surface area contributed by atoms with Crippen LogP contribution in [-0.4, -0.2) is 5.78 Å². The molecule has 2 aromatic carbocycles. The van der Waals surface area contributed by atoms with Crippen molar-refractivity contribution in [1.82, 2.24) is 0 Å². The standard InChI is InChI=1S/C15H10O/c1-10-6-7-13-8-11-4-2-3-5-12(11)9-14(13)15(10)16/h2-9H,1H2. The molecule has 0 saturated carbocycles. The number of fused-ring (bicyclic) bond motifs is 2. The minimum Gasteiger partial charge on any atom is -0.289 e. The first-order chi connectivity index (χ1) is 7.75. The highest BCUT2D eigenvalue weighted by molar-refractivity contribution is 6.16. The van der Waals surface area contributed by atoms with Crippen LogP contribution in [0.3, 0.4) is 0 Å². The molecule has 0 N–H and O–H groups in total. The molecule has 0 spiro atoms. The third-order valence-electron chi connectivity index (χ3n) is 2.92. The fourth-order valence-electron chi connectivity index (χ4n) is 2.03. The summed E-state index contributed by atoms with van der Waals surface area (Å²) in [6, 6.07) is 12.0. The van der Waals surface area contributed by atoms with Crippen molar-refractivity contribution in [3.63, 3.8) is 0 Å². The summed E-state index contributed by atoms with van der Waals surface area (Å²) in [5.41, 5.74) is 2.30. The van der Waals surface area contributed by atoms with Crippen molar-refractivity contribution in [1.29, 1.82) is 0 Å². The Morgan fingerprint density at radius 2 is 1.62 bits per heavy atom. The summed E-state index contributed by atoms with van der Waals surface area (Å²) in [5.74, 6) is 0.0308. The number of Topliss-reactive ketones (excluding diaryl/α,β-unsaturated/α-hetero) is 1. The van der Waals surface area contributed by atoms with Crippen LogP contribution in [0, 0.1) is 0 Å². The Hall–Kier alpha value is -2.15. The quantitative estimate of drug-likeness (QED) is 0.602. The number of hydrogen-bond acceptors (Lipinski definition) is 1. The summed E-state index contributed by atoms with van der Waals surface area (Å²) in [6.45, 7) is 3.74. The van der Waals surface area contributed by atoms with Crippen molar-refractivity contribution in [3.05, 3.63) is 65.8 Å². The zero-order valence-corrected chi connectivity index (χ0v) is 8.73. The molecule has 1 heteroatoms. The van der Waals surface area contributed by atoms with E-state index in [0.717, 1.165) is 21.9 Å². The lowest BCUT2D eigenvalue weighted by atomic mass is 9.91. The molecule has 0 heterocycles. The van der Waals surface area contributed by atoms with Crippen LogP contribution in [0.4, 0.5) is 0 Å². The van der Waals surface area contributed by atoms with Gasteiger partial charge in [0.15, 0.2) is 5.78 Å². The third kappa shape index (κ3) is 1.22. The van der Waals surface area contributed by atoms with Gasteiger partial charge in [-0.25, -0.2) is 0 Å². The van der Waals surface area contributed by atoms with Crippen molar-refractivity contribution in [2.24, 2.45) is 0 Å². The first-order valence-electron chi connectivity index (χ1n) is 5.20. The van der Waals surface area contributed by atoms with Crippen LogP contribution in [0.1, 0.15) is 15.9 Å². The third-order valence-corrected chi connectivity index (χ3v) is 2.92. The summed E-state index contributed by atoms with van der Waals surface area (Å²) in [6.07, 6.45) is 3.73. The van der Waals surface area contributed by atoms with E-state index in [1.807, 2.05) is 36.4 Å². The van der Waals surface area contributed by atoms with Gasteiger partial charge in [0.1, 0.15) is 0 Å². The van der Waals surface area contributed by atoms with Gasteiger partial charge in [0, 0.05) is 11.1 Å². The Labute approximate surface area is 93.7 Å². The highest BCUT2D eigenvalue weighted by atomic mass is 16.1. The highest BCUT2D eigenvalue weighted by Gasteiger charge is 2.16. The number of benzene rings is 2. The Kier molecular flexibility index (Phi) is 1.80. The molecule has 0 atom stereocenters. The zero-order valence-electron chi connectivity index (χ0n) is 8.73. The monoisotopic (exact) mass is 206 g/mol. The van der Waals surface area contributed by atoms with E-state index >= 15 is 0 Å². The molecule has 0 unspecified atom stereocenters. The predicted octanol–water partition coefficient (Wildman–Crippen LogP) is 3.61. The normalized spacial score (nSPS) is 14.2. The highest BCUT2D eigenvalue weighted by Crippen LogP contribution is 2.26. The molecule has 1 aliphatic rings. The topological polar surface area (TPSA) is 17.1 Å². The molecule has 0 aliphatic heterocycles. The van der Waals surface area contributed by atoms with Crippen LogP contribution in [0.15, 0.2) is 54.6 Å². The number of carbonyl (C=O) groups is 1. The fraction of sp³-hybridized carbons (Fsp3) is 0. The van der Waals surface area contributed by atoms with Gasteiger partial charge in [0.05, 0.1) is 0 Å². The summed E-state index contributed by atoms with van der Waals surface area (Å²) < 4.78 is 0. The maximum absolute atomic E-state index is 11.9. The molecule has 0 fully saturated rings. The minimum atomic E-state index is 0.0308. The molecule has 76 valence electrons. The maximum atomic E-state index is 11.9. The van der Waals surface area contributed by atoms with Crippen LogP contribution in [0.5, 0.6) is 0 Å². The minimum absolute atomic E-state index is 0.0308. The van der Waals surface area contributed by atoms with Gasteiger partial charge in [-0.05, 0) is 28.5 Å². The molecule has 16 heavy (non-hydrogen) atoms. The second kappa shape index (κ2) is 3.17. The Bertz CT molecular complexity index is 648. The Morgan fingerprint density at radius 1 is 0.938 bits per heavy atom. The summed E-state index contributed by atoms with van der Waals surface area (Å²) in [7, 11) is 0. The molecule has 0 bridgehead atoms. The van der Waals surface area contributed by atoms with Crippen LogP contribution in [-0.2, 0) is 0 Å². The second-order valence-electron chi connectivity index (χ2n) is 3.97. The molecule has 1 nitrogen and oxygen atoms in total. The van der Waals surface area contributed by atoms with Crippen LogP contribution >= 0.6 is 0 Å². The van der Waals surface area contributed by atoms with Crippen molar-refractivity contribution < 1.29 is 4.79 Å². The maximum Gasteiger partial charge on any atom is 0.193 e. The van der Waals surface area contributed by atoms with Crippen molar-refractivity contribution in [2.75, 3.05) is 0 Å². The summed E-state index contributed by atoms with van der Waals surface area (Å²) in [5, 5.41) is 2.25. The lowest BCUT2D eigenvalue weighted by molar-refractivity contribution is 0.103. The van der Waals surface area contributed by atoms with Gasteiger partial charge in [-0.3, -0.25) is 4.79 Å². The first kappa shape index (κ1) is 9.10. The average molecular weight is 206 g/mol. The number of allylic oxidation sites excluding steroid dienone is 2. The first-order valence-corrected chi connectivity index (χ1v) is 5.20. The van der Waals surface area contributed by atoms with Crippen molar-refractivity contribution in [3.8, 4) is 0 Å². The van der Waals surface area contributed by atoms with Crippen LogP contribution in [0.2, 0.25) is 0 Å². The van der Waals surface area contributed by atoms with E-state index in [-0.39, 0.29) is 5.78 Å². The average Bonchev–Trinajstić information content (AvgIpc) is 2.32. The van der Waals surface area contributed by atoms with E-state index < -0.39 is 0 Å².